The van der Waals surface area contributed by atoms with Gasteiger partial charge in [-0.25, -0.2) is 4.57 Å². The van der Waals surface area contributed by atoms with E-state index >= 15 is 0 Å². The molecule has 1 heterocycles. The molecule has 0 spiro atoms. The smallest absolute Gasteiger partial charge is 0.316 e. The van der Waals surface area contributed by atoms with Gasteiger partial charge in [0, 0.05) is 5.25 Å². The van der Waals surface area contributed by atoms with Crippen LogP contribution in [0.15, 0.2) is 60.7 Å². The van der Waals surface area contributed by atoms with Crippen LogP contribution in [0, 0.1) is 0 Å². The van der Waals surface area contributed by atoms with Crippen molar-refractivity contribution in [1.82, 2.24) is 0 Å². The Hall–Kier alpha value is -1.06. The summed E-state index contributed by atoms with van der Waals surface area (Å²) in [6.07, 6.45) is 0.363. The summed E-state index contributed by atoms with van der Waals surface area (Å²) in [7, 11) is 0. The summed E-state index contributed by atoms with van der Waals surface area (Å²) < 4.78 is 17.5. The maximum absolute atomic E-state index is 12.1. The fourth-order valence-electron chi connectivity index (χ4n) is 2.36. The molecule has 0 radical (unpaired) electrons. The standard InChI is InChI=1S/C15H15O3PS/c16-19(17)18-14(12-7-3-1-4-8-12)11-15(20-19)13-9-5-2-6-10-13/h1-10,14-15H,11H2,(H,16,17)/t14-,15+/m1/s1. The van der Waals surface area contributed by atoms with Gasteiger partial charge in [0.15, 0.2) is 0 Å². The Labute approximate surface area is 122 Å². The minimum atomic E-state index is -3.61. The fraction of sp³-hybridized carbons (Fsp3) is 0.200. The zero-order valence-electron chi connectivity index (χ0n) is 10.8. The number of hydrogen-bond acceptors (Lipinski definition) is 3. The molecule has 0 aromatic heterocycles. The Balaban J connectivity index is 1.89. The van der Waals surface area contributed by atoms with Gasteiger partial charge in [-0.05, 0) is 28.9 Å². The Morgan fingerprint density at radius 3 is 2.15 bits per heavy atom. The molecule has 1 aliphatic rings. The van der Waals surface area contributed by atoms with Gasteiger partial charge in [-0.2, -0.15) is 0 Å². The van der Waals surface area contributed by atoms with Crippen LogP contribution in [0.1, 0.15) is 28.9 Å². The van der Waals surface area contributed by atoms with E-state index in [4.69, 9.17) is 4.52 Å². The monoisotopic (exact) mass is 306 g/mol. The molecule has 5 heteroatoms. The fourth-order valence-corrected chi connectivity index (χ4v) is 5.85. The lowest BCUT2D eigenvalue weighted by atomic mass is 10.0. The van der Waals surface area contributed by atoms with Crippen LogP contribution < -0.4 is 0 Å². The zero-order chi connectivity index (χ0) is 14.0. The summed E-state index contributed by atoms with van der Waals surface area (Å²) in [5.74, 6) is 0. The maximum Gasteiger partial charge on any atom is 0.387 e. The van der Waals surface area contributed by atoms with Gasteiger partial charge in [0.2, 0.25) is 0 Å². The SMILES string of the molecule is O=P1(O)O[C@@H](c2ccccc2)C[C@@H](c2ccccc2)S1. The Kier molecular flexibility index (Phi) is 3.99. The average Bonchev–Trinajstić information content (AvgIpc) is 2.47. The summed E-state index contributed by atoms with van der Waals surface area (Å²) in [5, 5.41) is -0.0222. The van der Waals surface area contributed by atoms with Crippen LogP contribution in [-0.2, 0) is 9.09 Å². The van der Waals surface area contributed by atoms with Crippen molar-refractivity contribution in [3.8, 4) is 0 Å². The van der Waals surface area contributed by atoms with Crippen molar-refractivity contribution in [3.05, 3.63) is 71.8 Å². The van der Waals surface area contributed by atoms with Crippen molar-refractivity contribution >= 4 is 18.2 Å². The van der Waals surface area contributed by atoms with E-state index in [9.17, 15) is 9.46 Å². The van der Waals surface area contributed by atoms with Crippen LogP contribution in [0.5, 0.6) is 0 Å². The largest absolute Gasteiger partial charge is 0.387 e. The molecular weight excluding hydrogens is 291 g/mol. The Morgan fingerprint density at radius 2 is 1.55 bits per heavy atom. The third-order valence-corrected chi connectivity index (χ3v) is 6.62. The van der Waals surface area contributed by atoms with Gasteiger partial charge < -0.3 is 4.89 Å². The van der Waals surface area contributed by atoms with Gasteiger partial charge in [0.05, 0.1) is 6.10 Å². The molecule has 2 aromatic rings. The molecular formula is C15H15O3PS. The molecule has 3 atom stereocenters. The summed E-state index contributed by atoms with van der Waals surface area (Å²) in [4.78, 5) is 9.93. The van der Waals surface area contributed by atoms with Gasteiger partial charge in [-0.3, -0.25) is 4.52 Å². The van der Waals surface area contributed by atoms with Crippen molar-refractivity contribution < 1.29 is 14.0 Å². The second-order valence-corrected chi connectivity index (χ2v) is 8.66. The highest BCUT2D eigenvalue weighted by Gasteiger charge is 2.38. The van der Waals surface area contributed by atoms with Crippen molar-refractivity contribution in [2.75, 3.05) is 0 Å². The number of hydrogen-bond donors (Lipinski definition) is 1. The van der Waals surface area contributed by atoms with Gasteiger partial charge in [0.25, 0.3) is 0 Å². The molecule has 1 N–H and O–H groups in total. The molecule has 0 aliphatic carbocycles. The predicted molar refractivity (Wildman–Crippen MR) is 81.5 cm³/mol. The third kappa shape index (κ3) is 3.15. The number of rotatable bonds is 2. The molecule has 1 saturated heterocycles. The van der Waals surface area contributed by atoms with E-state index in [-0.39, 0.29) is 11.4 Å². The molecule has 1 aliphatic heterocycles. The van der Waals surface area contributed by atoms with Crippen LogP contribution in [0.25, 0.3) is 0 Å². The van der Waals surface area contributed by atoms with Gasteiger partial charge in [0.1, 0.15) is 0 Å². The van der Waals surface area contributed by atoms with Gasteiger partial charge in [-0.1, -0.05) is 60.7 Å². The molecule has 104 valence electrons. The Morgan fingerprint density at radius 1 is 1.00 bits per heavy atom. The van der Waals surface area contributed by atoms with Gasteiger partial charge in [-0.15, -0.1) is 0 Å². The lowest BCUT2D eigenvalue weighted by Gasteiger charge is -2.32. The van der Waals surface area contributed by atoms with Crippen LogP contribution in [0.4, 0.5) is 0 Å². The first-order valence-electron chi connectivity index (χ1n) is 6.43. The second-order valence-electron chi connectivity index (χ2n) is 4.71. The zero-order valence-corrected chi connectivity index (χ0v) is 12.5. The van der Waals surface area contributed by atoms with Crippen molar-refractivity contribution in [2.45, 2.75) is 17.8 Å². The molecule has 0 saturated carbocycles. The van der Waals surface area contributed by atoms with E-state index in [1.54, 1.807) is 0 Å². The topological polar surface area (TPSA) is 46.5 Å². The van der Waals surface area contributed by atoms with E-state index in [0.717, 1.165) is 22.5 Å². The highest BCUT2D eigenvalue weighted by molar-refractivity contribution is 8.55. The predicted octanol–water partition coefficient (Wildman–Crippen LogP) is 4.72. The van der Waals surface area contributed by atoms with Gasteiger partial charge >= 0.3 is 6.80 Å². The molecule has 3 rings (SSSR count). The Bertz CT molecular complexity index is 566. The van der Waals surface area contributed by atoms with E-state index in [2.05, 4.69) is 0 Å². The lowest BCUT2D eigenvalue weighted by molar-refractivity contribution is 0.171. The van der Waals surface area contributed by atoms with Crippen LogP contribution in [0.2, 0.25) is 0 Å². The summed E-state index contributed by atoms with van der Waals surface area (Å²) >= 11 is 1.03. The van der Waals surface area contributed by atoms with Crippen LogP contribution in [0.3, 0.4) is 0 Å². The van der Waals surface area contributed by atoms with Crippen molar-refractivity contribution in [3.63, 3.8) is 0 Å². The first-order chi connectivity index (χ1) is 9.64. The van der Waals surface area contributed by atoms with E-state index in [1.165, 1.54) is 0 Å². The summed E-state index contributed by atoms with van der Waals surface area (Å²) in [6.45, 7) is -3.61. The highest BCUT2D eigenvalue weighted by Crippen LogP contribution is 2.69. The first-order valence-corrected chi connectivity index (χ1v) is 9.50. The molecule has 1 fully saturated rings. The quantitative estimate of drug-likeness (QED) is 0.815. The van der Waals surface area contributed by atoms with E-state index in [1.807, 2.05) is 60.7 Å². The molecule has 20 heavy (non-hydrogen) atoms. The van der Waals surface area contributed by atoms with Crippen LogP contribution in [-0.4, -0.2) is 4.89 Å². The van der Waals surface area contributed by atoms with E-state index in [0.29, 0.717) is 6.42 Å². The van der Waals surface area contributed by atoms with Crippen LogP contribution >= 0.6 is 18.2 Å². The normalized spacial score (nSPS) is 30.1. The minimum Gasteiger partial charge on any atom is -0.316 e. The van der Waals surface area contributed by atoms with Crippen molar-refractivity contribution in [2.24, 2.45) is 0 Å². The minimum absolute atomic E-state index is 0.0222. The molecule has 2 aromatic carbocycles. The maximum atomic E-state index is 12.1. The first kappa shape index (κ1) is 13.9. The highest BCUT2D eigenvalue weighted by atomic mass is 32.7. The molecule has 1 unspecified atom stereocenters. The third-order valence-electron chi connectivity index (χ3n) is 3.29. The van der Waals surface area contributed by atoms with E-state index < -0.39 is 6.80 Å². The lowest BCUT2D eigenvalue weighted by Crippen LogP contribution is -2.12. The summed E-state index contributed by atoms with van der Waals surface area (Å²) in [5.41, 5.74) is 2.01. The second kappa shape index (κ2) is 5.74. The molecule has 0 amide bonds. The molecule has 0 bridgehead atoms. The average molecular weight is 306 g/mol. The molecule has 3 nitrogen and oxygen atoms in total. The van der Waals surface area contributed by atoms with Crippen molar-refractivity contribution in [1.29, 1.82) is 0 Å². The summed E-state index contributed by atoms with van der Waals surface area (Å²) in [6, 6.07) is 19.5. The number of benzene rings is 2.